The Kier molecular flexibility index (Phi) is 5.03. The van der Waals surface area contributed by atoms with E-state index in [2.05, 4.69) is 15.9 Å². The van der Waals surface area contributed by atoms with Crippen LogP contribution in [0.4, 0.5) is 0 Å². The lowest BCUT2D eigenvalue weighted by Crippen LogP contribution is -2.12. The van der Waals surface area contributed by atoms with Crippen molar-refractivity contribution in [3.63, 3.8) is 0 Å². The summed E-state index contributed by atoms with van der Waals surface area (Å²) in [4.78, 5) is 24.3. The molecule has 0 bridgehead atoms. The van der Waals surface area contributed by atoms with Crippen LogP contribution < -0.4 is 4.74 Å². The molecule has 0 unspecified atom stereocenters. The number of esters is 2. The maximum Gasteiger partial charge on any atom is 0.353 e. The minimum Gasteiger partial charge on any atom is -0.465 e. The highest BCUT2D eigenvalue weighted by Gasteiger charge is 2.21. The average Bonchev–Trinajstić information content (AvgIpc) is 2.87. The fourth-order valence-corrected chi connectivity index (χ4v) is 3.19. The maximum absolute atomic E-state index is 12.1. The standard InChI is InChI=1S/C14H10BrClO4S/c1-7-5-8(15)6-9(13(17)19-2)12(7)20-14(18)10-3-4-11(16)21-10/h3-6H,1-2H3. The zero-order chi connectivity index (χ0) is 15.6. The number of hydrogen-bond acceptors (Lipinski definition) is 5. The highest BCUT2D eigenvalue weighted by atomic mass is 79.9. The summed E-state index contributed by atoms with van der Waals surface area (Å²) in [6.07, 6.45) is 0. The highest BCUT2D eigenvalue weighted by Crippen LogP contribution is 2.30. The monoisotopic (exact) mass is 388 g/mol. The summed E-state index contributed by atoms with van der Waals surface area (Å²) in [5, 5.41) is 0. The third kappa shape index (κ3) is 3.64. The maximum atomic E-state index is 12.1. The van der Waals surface area contributed by atoms with E-state index in [1.54, 1.807) is 31.2 Å². The number of aryl methyl sites for hydroxylation is 1. The number of halogens is 2. The van der Waals surface area contributed by atoms with E-state index in [0.717, 1.165) is 11.3 Å². The molecule has 0 aliphatic heterocycles. The Hall–Kier alpha value is -1.37. The molecule has 0 spiro atoms. The Morgan fingerprint density at radius 2 is 1.95 bits per heavy atom. The molecule has 2 aromatic rings. The van der Waals surface area contributed by atoms with Gasteiger partial charge >= 0.3 is 11.9 Å². The molecule has 0 fully saturated rings. The summed E-state index contributed by atoms with van der Waals surface area (Å²) in [5.41, 5.74) is 0.821. The van der Waals surface area contributed by atoms with Gasteiger partial charge in [-0.15, -0.1) is 11.3 Å². The molecule has 1 aromatic carbocycles. The largest absolute Gasteiger partial charge is 0.465 e. The van der Waals surface area contributed by atoms with Crippen LogP contribution in [0.1, 0.15) is 25.6 Å². The molecule has 0 radical (unpaired) electrons. The second kappa shape index (κ2) is 6.60. The van der Waals surface area contributed by atoms with Crippen LogP contribution in [-0.2, 0) is 4.74 Å². The third-order valence-corrected chi connectivity index (χ3v) is 4.28. The van der Waals surface area contributed by atoms with Gasteiger partial charge in [-0.25, -0.2) is 9.59 Å². The van der Waals surface area contributed by atoms with Crippen molar-refractivity contribution < 1.29 is 19.1 Å². The Labute approximate surface area is 138 Å². The first-order valence-corrected chi connectivity index (χ1v) is 7.77. The number of methoxy groups -OCH3 is 1. The molecule has 110 valence electrons. The van der Waals surface area contributed by atoms with Gasteiger partial charge in [-0.05, 0) is 36.8 Å². The first-order chi connectivity index (χ1) is 9.92. The molecule has 4 nitrogen and oxygen atoms in total. The summed E-state index contributed by atoms with van der Waals surface area (Å²) in [6.45, 7) is 1.74. The molecule has 1 heterocycles. The van der Waals surface area contributed by atoms with Crippen LogP contribution in [0.2, 0.25) is 4.34 Å². The van der Waals surface area contributed by atoms with Crippen molar-refractivity contribution in [3.8, 4) is 5.75 Å². The Balaban J connectivity index is 2.39. The summed E-state index contributed by atoms with van der Waals surface area (Å²) in [5.74, 6) is -0.964. The zero-order valence-corrected chi connectivity index (χ0v) is 14.3. The highest BCUT2D eigenvalue weighted by molar-refractivity contribution is 9.10. The van der Waals surface area contributed by atoms with E-state index >= 15 is 0 Å². The minimum atomic E-state index is -0.577. The normalized spacial score (nSPS) is 10.3. The van der Waals surface area contributed by atoms with Crippen molar-refractivity contribution in [2.45, 2.75) is 6.92 Å². The first kappa shape index (κ1) is 16.0. The summed E-state index contributed by atoms with van der Waals surface area (Å²) in [6, 6.07) is 6.47. The molecule has 1 aromatic heterocycles. The number of carbonyl (C=O) groups excluding carboxylic acids is 2. The van der Waals surface area contributed by atoms with Crippen LogP contribution in [0.25, 0.3) is 0 Å². The van der Waals surface area contributed by atoms with Gasteiger partial charge < -0.3 is 9.47 Å². The lowest BCUT2D eigenvalue weighted by Gasteiger charge is -2.11. The van der Waals surface area contributed by atoms with E-state index in [9.17, 15) is 9.59 Å². The Bertz CT molecular complexity index is 711. The van der Waals surface area contributed by atoms with E-state index in [4.69, 9.17) is 21.1 Å². The van der Waals surface area contributed by atoms with Crippen LogP contribution in [0.3, 0.4) is 0 Å². The van der Waals surface area contributed by atoms with Crippen LogP contribution in [0.15, 0.2) is 28.7 Å². The molecular formula is C14H10BrClO4S. The lowest BCUT2D eigenvalue weighted by atomic mass is 10.1. The van der Waals surface area contributed by atoms with E-state index in [0.29, 0.717) is 19.2 Å². The van der Waals surface area contributed by atoms with Crippen LogP contribution in [0.5, 0.6) is 5.75 Å². The fraction of sp³-hybridized carbons (Fsp3) is 0.143. The zero-order valence-electron chi connectivity index (χ0n) is 11.1. The topological polar surface area (TPSA) is 52.6 Å². The summed E-state index contributed by atoms with van der Waals surface area (Å²) >= 11 is 10.2. The second-order valence-electron chi connectivity index (χ2n) is 4.08. The van der Waals surface area contributed by atoms with Crippen LogP contribution >= 0.6 is 38.9 Å². The number of benzene rings is 1. The third-order valence-electron chi connectivity index (χ3n) is 2.61. The first-order valence-electron chi connectivity index (χ1n) is 5.78. The molecule has 0 aliphatic rings. The smallest absolute Gasteiger partial charge is 0.353 e. The Morgan fingerprint density at radius 3 is 2.52 bits per heavy atom. The van der Waals surface area contributed by atoms with Crippen LogP contribution in [-0.4, -0.2) is 19.0 Å². The van der Waals surface area contributed by atoms with Crippen molar-refractivity contribution in [3.05, 3.63) is 49.1 Å². The van der Waals surface area contributed by atoms with Gasteiger partial charge in [-0.1, -0.05) is 27.5 Å². The van der Waals surface area contributed by atoms with E-state index in [-0.39, 0.29) is 11.3 Å². The molecular weight excluding hydrogens is 380 g/mol. The van der Waals surface area contributed by atoms with Crippen molar-refractivity contribution in [2.75, 3.05) is 7.11 Å². The Morgan fingerprint density at radius 1 is 1.24 bits per heavy atom. The van der Waals surface area contributed by atoms with E-state index < -0.39 is 11.9 Å². The SMILES string of the molecule is COC(=O)c1cc(Br)cc(C)c1OC(=O)c1ccc(Cl)s1. The van der Waals surface area contributed by atoms with Crippen LogP contribution in [0, 0.1) is 6.92 Å². The van der Waals surface area contributed by atoms with Crippen molar-refractivity contribution >= 4 is 50.8 Å². The number of thiophene rings is 1. The molecule has 0 atom stereocenters. The summed E-state index contributed by atoms with van der Waals surface area (Å²) in [7, 11) is 1.27. The van der Waals surface area contributed by atoms with Gasteiger partial charge in [0.15, 0.2) is 0 Å². The van der Waals surface area contributed by atoms with Gasteiger partial charge in [0.1, 0.15) is 16.2 Å². The molecule has 0 N–H and O–H groups in total. The van der Waals surface area contributed by atoms with Gasteiger partial charge in [-0.3, -0.25) is 0 Å². The number of ether oxygens (including phenoxy) is 2. The molecule has 0 amide bonds. The van der Waals surface area contributed by atoms with E-state index in [1.165, 1.54) is 7.11 Å². The number of rotatable bonds is 3. The van der Waals surface area contributed by atoms with Crippen molar-refractivity contribution in [1.29, 1.82) is 0 Å². The molecule has 2 rings (SSSR count). The molecule has 0 aliphatic carbocycles. The van der Waals surface area contributed by atoms with Gasteiger partial charge in [0.05, 0.1) is 11.4 Å². The minimum absolute atomic E-state index is 0.180. The van der Waals surface area contributed by atoms with Gasteiger partial charge in [0.25, 0.3) is 0 Å². The quantitative estimate of drug-likeness (QED) is 0.574. The molecule has 0 saturated heterocycles. The van der Waals surface area contributed by atoms with Crippen molar-refractivity contribution in [1.82, 2.24) is 0 Å². The van der Waals surface area contributed by atoms with Crippen molar-refractivity contribution in [2.24, 2.45) is 0 Å². The number of hydrogen-bond donors (Lipinski definition) is 0. The molecule has 21 heavy (non-hydrogen) atoms. The predicted molar refractivity (Wildman–Crippen MR) is 84.5 cm³/mol. The lowest BCUT2D eigenvalue weighted by molar-refractivity contribution is 0.0593. The van der Waals surface area contributed by atoms with Gasteiger partial charge in [0, 0.05) is 4.47 Å². The predicted octanol–water partition coefficient (Wildman–Crippen LogP) is 4.48. The molecule has 7 heteroatoms. The second-order valence-corrected chi connectivity index (χ2v) is 6.71. The number of carbonyl (C=O) groups is 2. The molecule has 0 saturated carbocycles. The van der Waals surface area contributed by atoms with Gasteiger partial charge in [0.2, 0.25) is 0 Å². The van der Waals surface area contributed by atoms with E-state index in [1.807, 2.05) is 0 Å². The summed E-state index contributed by atoms with van der Waals surface area (Å²) < 4.78 is 11.2. The average molecular weight is 390 g/mol. The fourth-order valence-electron chi connectivity index (χ4n) is 1.69. The van der Waals surface area contributed by atoms with Gasteiger partial charge in [-0.2, -0.15) is 0 Å².